The normalized spacial score (nSPS) is 18.4. The minimum Gasteiger partial charge on any atom is -0.478 e. The van der Waals surface area contributed by atoms with Crippen molar-refractivity contribution in [2.75, 3.05) is 11.9 Å². The number of benzene rings is 1. The predicted octanol–water partition coefficient (Wildman–Crippen LogP) is 3.84. The summed E-state index contributed by atoms with van der Waals surface area (Å²) >= 11 is 0. The molecule has 0 fully saturated rings. The van der Waals surface area contributed by atoms with Gasteiger partial charge in [-0.25, -0.2) is 0 Å². The maximum atomic E-state index is 12.6. The van der Waals surface area contributed by atoms with E-state index in [9.17, 15) is 13.2 Å². The average Bonchev–Trinajstić information content (AvgIpc) is 2.90. The molecule has 1 aromatic heterocycles. The minimum atomic E-state index is -4.35. The van der Waals surface area contributed by atoms with E-state index in [1.54, 1.807) is 12.1 Å². The van der Waals surface area contributed by atoms with Crippen LogP contribution >= 0.6 is 0 Å². The van der Waals surface area contributed by atoms with E-state index in [-0.39, 0.29) is 6.10 Å². The fourth-order valence-corrected chi connectivity index (χ4v) is 1.98. The van der Waals surface area contributed by atoms with Crippen molar-refractivity contribution in [1.29, 1.82) is 0 Å². The van der Waals surface area contributed by atoms with Gasteiger partial charge < -0.3 is 14.5 Å². The number of hydrogen-bond acceptors (Lipinski definition) is 3. The molecule has 6 heteroatoms. The molecule has 1 N–H and O–H groups in total. The lowest BCUT2D eigenvalue weighted by Gasteiger charge is -2.26. The van der Waals surface area contributed by atoms with Gasteiger partial charge in [-0.2, -0.15) is 13.2 Å². The van der Waals surface area contributed by atoms with Crippen LogP contribution in [-0.4, -0.2) is 6.54 Å². The van der Waals surface area contributed by atoms with E-state index in [1.807, 2.05) is 0 Å². The van der Waals surface area contributed by atoms with Crippen LogP contribution in [0.5, 0.6) is 5.75 Å². The van der Waals surface area contributed by atoms with Crippen LogP contribution in [-0.2, 0) is 6.18 Å². The Labute approximate surface area is 107 Å². The van der Waals surface area contributed by atoms with Crippen molar-refractivity contribution in [3.63, 3.8) is 0 Å². The molecule has 0 radical (unpaired) electrons. The molecule has 0 amide bonds. The smallest absolute Gasteiger partial charge is 0.416 e. The summed E-state index contributed by atoms with van der Waals surface area (Å²) in [5, 5.41) is 2.93. The van der Waals surface area contributed by atoms with Gasteiger partial charge >= 0.3 is 6.18 Å². The molecular weight excluding hydrogens is 259 g/mol. The second-order valence-corrected chi connectivity index (χ2v) is 4.21. The zero-order valence-corrected chi connectivity index (χ0v) is 9.70. The molecule has 1 aliphatic rings. The predicted molar refractivity (Wildman–Crippen MR) is 62.0 cm³/mol. The van der Waals surface area contributed by atoms with Crippen LogP contribution in [0.25, 0.3) is 0 Å². The zero-order chi connectivity index (χ0) is 13.5. The molecule has 0 bridgehead atoms. The Bertz CT molecular complexity index is 578. The quantitative estimate of drug-likeness (QED) is 0.854. The van der Waals surface area contributed by atoms with Gasteiger partial charge in [0.05, 0.1) is 24.1 Å². The Morgan fingerprint density at radius 3 is 2.74 bits per heavy atom. The molecule has 0 saturated carbocycles. The summed E-state index contributed by atoms with van der Waals surface area (Å²) in [4.78, 5) is 0. The highest BCUT2D eigenvalue weighted by atomic mass is 19.4. The third kappa shape index (κ3) is 2.25. The number of alkyl halides is 3. The summed E-state index contributed by atoms with van der Waals surface area (Å²) in [5.41, 5.74) is -0.351. The molecule has 19 heavy (non-hydrogen) atoms. The summed E-state index contributed by atoms with van der Waals surface area (Å²) in [7, 11) is 0. The van der Waals surface area contributed by atoms with Crippen molar-refractivity contribution in [1.82, 2.24) is 0 Å². The molecule has 1 aromatic carbocycles. The van der Waals surface area contributed by atoms with Crippen molar-refractivity contribution in [2.45, 2.75) is 12.3 Å². The summed E-state index contributed by atoms with van der Waals surface area (Å²) in [6, 6.07) is 6.88. The summed E-state index contributed by atoms with van der Waals surface area (Å²) in [5.74, 6) is 1.03. The van der Waals surface area contributed by atoms with Crippen LogP contribution in [0, 0.1) is 0 Å². The van der Waals surface area contributed by atoms with E-state index in [0.717, 1.165) is 12.1 Å². The van der Waals surface area contributed by atoms with Crippen molar-refractivity contribution in [3.05, 3.63) is 47.9 Å². The molecule has 2 aromatic rings. The highest BCUT2D eigenvalue weighted by Crippen LogP contribution is 2.39. The first kappa shape index (κ1) is 12.0. The number of hydrogen-bond donors (Lipinski definition) is 1. The van der Waals surface area contributed by atoms with Gasteiger partial charge in [0.1, 0.15) is 11.5 Å². The van der Waals surface area contributed by atoms with E-state index in [0.29, 0.717) is 23.7 Å². The van der Waals surface area contributed by atoms with Gasteiger partial charge in [-0.1, -0.05) is 0 Å². The van der Waals surface area contributed by atoms with Gasteiger partial charge in [-0.3, -0.25) is 0 Å². The molecule has 3 rings (SSSR count). The highest BCUT2D eigenvalue weighted by Gasteiger charge is 2.32. The second kappa shape index (κ2) is 4.22. The largest absolute Gasteiger partial charge is 0.478 e. The first-order chi connectivity index (χ1) is 9.04. The lowest BCUT2D eigenvalue weighted by molar-refractivity contribution is -0.137. The molecule has 1 atom stereocenters. The van der Waals surface area contributed by atoms with Gasteiger partial charge in [-0.15, -0.1) is 0 Å². The Kier molecular flexibility index (Phi) is 2.66. The standard InChI is InChI=1S/C13H10F3NO2/c14-13(15,16)8-3-4-10-9(6-8)17-7-12(19-10)11-2-1-5-18-11/h1-6,12,17H,7H2. The molecule has 0 aliphatic carbocycles. The van der Waals surface area contributed by atoms with Crippen LogP contribution in [0.2, 0.25) is 0 Å². The molecule has 0 saturated heterocycles. The van der Waals surface area contributed by atoms with Gasteiger partial charge in [0.25, 0.3) is 0 Å². The van der Waals surface area contributed by atoms with E-state index in [2.05, 4.69) is 5.32 Å². The maximum Gasteiger partial charge on any atom is 0.416 e. The maximum absolute atomic E-state index is 12.6. The monoisotopic (exact) mass is 269 g/mol. The van der Waals surface area contributed by atoms with Gasteiger partial charge in [0.2, 0.25) is 0 Å². The Morgan fingerprint density at radius 1 is 1.21 bits per heavy atom. The highest BCUT2D eigenvalue weighted by molar-refractivity contribution is 5.60. The molecular formula is C13H10F3NO2. The van der Waals surface area contributed by atoms with Crippen LogP contribution in [0.3, 0.4) is 0 Å². The van der Waals surface area contributed by atoms with E-state index in [4.69, 9.17) is 9.15 Å². The van der Waals surface area contributed by atoms with Gasteiger partial charge in [0.15, 0.2) is 6.10 Å². The number of halogens is 3. The van der Waals surface area contributed by atoms with Gasteiger partial charge in [-0.05, 0) is 30.3 Å². The first-order valence-electron chi connectivity index (χ1n) is 5.69. The lowest BCUT2D eigenvalue weighted by atomic mass is 10.1. The third-order valence-electron chi connectivity index (χ3n) is 2.91. The number of fused-ring (bicyclic) bond motifs is 1. The number of furan rings is 1. The molecule has 1 aliphatic heterocycles. The topological polar surface area (TPSA) is 34.4 Å². The average molecular weight is 269 g/mol. The number of ether oxygens (including phenoxy) is 1. The van der Waals surface area contributed by atoms with E-state index < -0.39 is 11.7 Å². The molecule has 1 unspecified atom stereocenters. The summed E-state index contributed by atoms with van der Waals surface area (Å²) in [6.07, 6.45) is -3.16. The lowest BCUT2D eigenvalue weighted by Crippen LogP contribution is -2.23. The second-order valence-electron chi connectivity index (χ2n) is 4.21. The van der Waals surface area contributed by atoms with Crippen LogP contribution < -0.4 is 10.1 Å². The Balaban J connectivity index is 1.87. The number of rotatable bonds is 1. The third-order valence-corrected chi connectivity index (χ3v) is 2.91. The van der Waals surface area contributed by atoms with Crippen molar-refractivity contribution in [3.8, 4) is 5.75 Å². The van der Waals surface area contributed by atoms with E-state index in [1.165, 1.54) is 12.3 Å². The van der Waals surface area contributed by atoms with Crippen molar-refractivity contribution < 1.29 is 22.3 Å². The first-order valence-corrected chi connectivity index (χ1v) is 5.69. The van der Waals surface area contributed by atoms with Gasteiger partial charge in [0, 0.05) is 0 Å². The summed E-state index contributed by atoms with van der Waals surface area (Å²) < 4.78 is 48.6. The molecule has 100 valence electrons. The molecule has 3 nitrogen and oxygen atoms in total. The number of anilines is 1. The zero-order valence-electron chi connectivity index (χ0n) is 9.70. The Hall–Kier alpha value is -2.11. The summed E-state index contributed by atoms with van der Waals surface area (Å²) in [6.45, 7) is 0.363. The van der Waals surface area contributed by atoms with Crippen LogP contribution in [0.1, 0.15) is 17.4 Å². The fraction of sp³-hybridized carbons (Fsp3) is 0.231. The molecule has 0 spiro atoms. The SMILES string of the molecule is FC(F)(F)c1ccc2c(c1)NCC(c1ccco1)O2. The molecule has 2 heterocycles. The van der Waals surface area contributed by atoms with Crippen molar-refractivity contribution in [2.24, 2.45) is 0 Å². The van der Waals surface area contributed by atoms with Crippen LogP contribution in [0.4, 0.5) is 18.9 Å². The Morgan fingerprint density at radius 2 is 2.05 bits per heavy atom. The minimum absolute atomic E-state index is 0.334. The number of nitrogens with one attached hydrogen (secondary N) is 1. The van der Waals surface area contributed by atoms with E-state index >= 15 is 0 Å². The van der Waals surface area contributed by atoms with Crippen LogP contribution in [0.15, 0.2) is 41.0 Å². The van der Waals surface area contributed by atoms with Crippen molar-refractivity contribution >= 4 is 5.69 Å². The fourth-order valence-electron chi connectivity index (χ4n) is 1.98.